The molecule has 146 valence electrons. The second-order valence-electron chi connectivity index (χ2n) is 7.50. The zero-order valence-corrected chi connectivity index (χ0v) is 16.5. The van der Waals surface area contributed by atoms with Gasteiger partial charge in [0.15, 0.2) is 11.5 Å². The summed E-state index contributed by atoms with van der Waals surface area (Å²) in [4.78, 5) is 11.6. The summed E-state index contributed by atoms with van der Waals surface area (Å²) in [5.74, 6) is 0.435. The van der Waals surface area contributed by atoms with Crippen molar-refractivity contribution in [2.24, 2.45) is 0 Å². The highest BCUT2D eigenvalue weighted by Gasteiger charge is 2.14. The fourth-order valence-corrected chi connectivity index (χ4v) is 3.84. The van der Waals surface area contributed by atoms with Gasteiger partial charge >= 0.3 is 0 Å². The molecule has 4 aromatic rings. The van der Waals surface area contributed by atoms with Crippen LogP contribution in [0.4, 0.5) is 11.5 Å². The van der Waals surface area contributed by atoms with Gasteiger partial charge in [-0.2, -0.15) is 0 Å². The summed E-state index contributed by atoms with van der Waals surface area (Å²) in [5, 5.41) is 3.39. The molecular formula is C23H24N6. The number of nitrogens with one attached hydrogen (secondary N) is 1. The van der Waals surface area contributed by atoms with Crippen molar-refractivity contribution in [2.45, 2.75) is 6.92 Å². The number of anilines is 2. The summed E-state index contributed by atoms with van der Waals surface area (Å²) in [6, 6.07) is 17.0. The van der Waals surface area contributed by atoms with Crippen molar-refractivity contribution in [3.8, 4) is 22.5 Å². The molecule has 0 radical (unpaired) electrons. The van der Waals surface area contributed by atoms with Crippen molar-refractivity contribution in [3.63, 3.8) is 0 Å². The molecular weight excluding hydrogens is 360 g/mol. The van der Waals surface area contributed by atoms with Gasteiger partial charge in [0.2, 0.25) is 0 Å². The van der Waals surface area contributed by atoms with E-state index in [1.807, 2.05) is 16.8 Å². The maximum Gasteiger partial charge on any atom is 0.180 e. The van der Waals surface area contributed by atoms with Crippen molar-refractivity contribution in [3.05, 3.63) is 66.5 Å². The minimum atomic E-state index is 0.435. The highest BCUT2D eigenvalue weighted by molar-refractivity contribution is 5.74. The van der Waals surface area contributed by atoms with E-state index in [2.05, 4.69) is 70.7 Å². The Kier molecular flexibility index (Phi) is 4.41. The van der Waals surface area contributed by atoms with Gasteiger partial charge in [-0.25, -0.2) is 9.97 Å². The molecule has 0 unspecified atom stereocenters. The molecule has 6 heteroatoms. The van der Waals surface area contributed by atoms with Crippen LogP contribution in [-0.4, -0.2) is 40.5 Å². The third-order valence-electron chi connectivity index (χ3n) is 5.51. The first kappa shape index (κ1) is 17.7. The number of nitrogens with two attached hydrogens (primary N) is 1. The van der Waals surface area contributed by atoms with E-state index in [4.69, 9.17) is 10.7 Å². The number of hydrogen-bond acceptors (Lipinski definition) is 5. The van der Waals surface area contributed by atoms with Crippen LogP contribution in [0.2, 0.25) is 0 Å². The number of hydrogen-bond donors (Lipinski definition) is 2. The molecule has 3 heterocycles. The zero-order valence-electron chi connectivity index (χ0n) is 16.5. The van der Waals surface area contributed by atoms with Crippen LogP contribution in [0.15, 0.2) is 60.9 Å². The standard InChI is InChI=1S/C23H24N6/c1-16-2-4-18(5-3-16)21-14-26-22(24)23-27-20(15-29(21)23)17-6-8-19(9-7-17)28-12-10-25-11-13-28/h2-9,14-15,25H,10-13H2,1H3,(H2,24,26). The minimum absolute atomic E-state index is 0.435. The molecule has 1 fully saturated rings. The number of aromatic nitrogens is 3. The molecule has 5 rings (SSSR count). The molecule has 0 saturated carbocycles. The Morgan fingerprint density at radius 1 is 0.931 bits per heavy atom. The average Bonchev–Trinajstić information content (AvgIpc) is 3.22. The summed E-state index contributed by atoms with van der Waals surface area (Å²) in [5.41, 5.74) is 13.3. The number of fused-ring (bicyclic) bond motifs is 1. The third kappa shape index (κ3) is 3.32. The maximum absolute atomic E-state index is 6.13. The van der Waals surface area contributed by atoms with Crippen LogP contribution in [0.3, 0.4) is 0 Å². The third-order valence-corrected chi connectivity index (χ3v) is 5.51. The fraction of sp³-hybridized carbons (Fsp3) is 0.217. The van der Waals surface area contributed by atoms with Gasteiger partial charge in [0.1, 0.15) is 0 Å². The molecule has 0 spiro atoms. The maximum atomic E-state index is 6.13. The number of aryl methyl sites for hydroxylation is 1. The van der Waals surface area contributed by atoms with E-state index in [1.54, 1.807) is 0 Å². The van der Waals surface area contributed by atoms with Gasteiger partial charge in [0, 0.05) is 49.2 Å². The molecule has 0 aliphatic carbocycles. The average molecular weight is 384 g/mol. The Balaban J connectivity index is 1.53. The number of benzene rings is 2. The minimum Gasteiger partial charge on any atom is -0.381 e. The van der Waals surface area contributed by atoms with E-state index in [1.165, 1.54) is 11.3 Å². The van der Waals surface area contributed by atoms with Gasteiger partial charge < -0.3 is 16.0 Å². The lowest BCUT2D eigenvalue weighted by Gasteiger charge is -2.29. The van der Waals surface area contributed by atoms with Crippen LogP contribution < -0.4 is 16.0 Å². The topological polar surface area (TPSA) is 71.5 Å². The first-order chi connectivity index (χ1) is 14.2. The summed E-state index contributed by atoms with van der Waals surface area (Å²) < 4.78 is 2.03. The van der Waals surface area contributed by atoms with E-state index in [0.717, 1.165) is 48.7 Å². The van der Waals surface area contributed by atoms with Crippen LogP contribution in [0.25, 0.3) is 28.2 Å². The van der Waals surface area contributed by atoms with Crippen molar-refractivity contribution in [1.29, 1.82) is 0 Å². The van der Waals surface area contributed by atoms with Gasteiger partial charge in [-0.1, -0.05) is 42.0 Å². The second kappa shape index (κ2) is 7.22. The second-order valence-corrected chi connectivity index (χ2v) is 7.50. The lowest BCUT2D eigenvalue weighted by atomic mass is 10.1. The van der Waals surface area contributed by atoms with E-state index < -0.39 is 0 Å². The molecule has 2 aromatic heterocycles. The normalized spacial score (nSPS) is 14.4. The van der Waals surface area contributed by atoms with Crippen molar-refractivity contribution in [2.75, 3.05) is 36.8 Å². The van der Waals surface area contributed by atoms with E-state index in [0.29, 0.717) is 11.5 Å². The number of imidazole rings is 1. The highest BCUT2D eigenvalue weighted by Crippen LogP contribution is 2.28. The van der Waals surface area contributed by atoms with Crippen LogP contribution in [0, 0.1) is 6.92 Å². The number of nitrogen functional groups attached to an aromatic ring is 1. The Morgan fingerprint density at radius 2 is 1.62 bits per heavy atom. The predicted molar refractivity (Wildman–Crippen MR) is 118 cm³/mol. The van der Waals surface area contributed by atoms with Gasteiger partial charge in [-0.15, -0.1) is 0 Å². The fourth-order valence-electron chi connectivity index (χ4n) is 3.84. The van der Waals surface area contributed by atoms with Crippen molar-refractivity contribution in [1.82, 2.24) is 19.7 Å². The summed E-state index contributed by atoms with van der Waals surface area (Å²) in [7, 11) is 0. The number of nitrogens with zero attached hydrogens (tertiary/aromatic N) is 4. The Bertz CT molecular complexity index is 1140. The van der Waals surface area contributed by atoms with Crippen molar-refractivity contribution < 1.29 is 0 Å². The quantitative estimate of drug-likeness (QED) is 0.567. The van der Waals surface area contributed by atoms with E-state index >= 15 is 0 Å². The number of rotatable bonds is 3. The number of piperazine rings is 1. The molecule has 1 saturated heterocycles. The lowest BCUT2D eigenvalue weighted by Crippen LogP contribution is -2.43. The van der Waals surface area contributed by atoms with Crippen LogP contribution >= 0.6 is 0 Å². The van der Waals surface area contributed by atoms with Crippen LogP contribution in [0.5, 0.6) is 0 Å². The van der Waals surface area contributed by atoms with Gasteiger partial charge in [0.25, 0.3) is 0 Å². The molecule has 1 aliphatic rings. The highest BCUT2D eigenvalue weighted by atomic mass is 15.2. The zero-order chi connectivity index (χ0) is 19.8. The van der Waals surface area contributed by atoms with Crippen molar-refractivity contribution >= 4 is 17.2 Å². The predicted octanol–water partition coefficient (Wildman–Crippen LogP) is 3.36. The SMILES string of the molecule is Cc1ccc(-c2cnc(N)c3nc(-c4ccc(N5CCNCC5)cc4)cn23)cc1. The molecule has 29 heavy (non-hydrogen) atoms. The lowest BCUT2D eigenvalue weighted by molar-refractivity contribution is 0.589. The largest absolute Gasteiger partial charge is 0.381 e. The first-order valence-corrected chi connectivity index (χ1v) is 9.96. The molecule has 1 aliphatic heterocycles. The molecule has 2 aromatic carbocycles. The Morgan fingerprint density at radius 3 is 2.34 bits per heavy atom. The van der Waals surface area contributed by atoms with Crippen LogP contribution in [0.1, 0.15) is 5.56 Å². The van der Waals surface area contributed by atoms with Gasteiger partial charge in [0.05, 0.1) is 17.6 Å². The summed E-state index contributed by atoms with van der Waals surface area (Å²) in [6.45, 7) is 6.22. The molecule has 0 bridgehead atoms. The van der Waals surface area contributed by atoms with Gasteiger partial charge in [-0.3, -0.25) is 4.40 Å². The molecule has 6 nitrogen and oxygen atoms in total. The first-order valence-electron chi connectivity index (χ1n) is 9.96. The van der Waals surface area contributed by atoms with E-state index in [9.17, 15) is 0 Å². The summed E-state index contributed by atoms with van der Waals surface area (Å²) in [6.07, 6.45) is 3.86. The smallest absolute Gasteiger partial charge is 0.180 e. The Hall–Kier alpha value is -3.38. The molecule has 0 atom stereocenters. The van der Waals surface area contributed by atoms with Gasteiger partial charge in [-0.05, 0) is 19.1 Å². The molecule has 0 amide bonds. The Labute approximate surface area is 170 Å². The van der Waals surface area contributed by atoms with E-state index in [-0.39, 0.29) is 0 Å². The van der Waals surface area contributed by atoms with Crippen LogP contribution in [-0.2, 0) is 0 Å². The molecule has 3 N–H and O–H groups in total. The summed E-state index contributed by atoms with van der Waals surface area (Å²) >= 11 is 0. The monoisotopic (exact) mass is 384 g/mol.